The Hall–Kier alpha value is -1.90. The Balaban J connectivity index is 1.95. The minimum Gasteiger partial charge on any atom is -0.280 e. The van der Waals surface area contributed by atoms with E-state index in [4.69, 9.17) is 5.14 Å². The first kappa shape index (κ1) is 17.9. The van der Waals surface area contributed by atoms with Crippen molar-refractivity contribution in [2.24, 2.45) is 5.14 Å². The van der Waals surface area contributed by atoms with Crippen LogP contribution < -0.4 is 9.86 Å². The van der Waals surface area contributed by atoms with Crippen LogP contribution in [0.15, 0.2) is 46.2 Å². The van der Waals surface area contributed by atoms with Crippen molar-refractivity contribution in [1.82, 2.24) is 0 Å². The molecule has 2 aromatic carbocycles. The lowest BCUT2D eigenvalue weighted by Gasteiger charge is -2.17. The lowest BCUT2D eigenvalue weighted by atomic mass is 9.92. The Morgan fingerprint density at radius 1 is 0.920 bits per heavy atom. The first-order chi connectivity index (χ1) is 11.7. The molecule has 3 N–H and O–H groups in total. The molecule has 0 fully saturated rings. The fraction of sp³-hybridized carbons (Fsp3) is 0.294. The molecule has 25 heavy (non-hydrogen) atoms. The molecule has 0 amide bonds. The number of hydrogen-bond donors (Lipinski definition) is 2. The van der Waals surface area contributed by atoms with Gasteiger partial charge < -0.3 is 0 Å². The maximum atomic E-state index is 12.6. The number of benzene rings is 2. The maximum Gasteiger partial charge on any atom is 0.261 e. The summed E-state index contributed by atoms with van der Waals surface area (Å²) in [5.41, 5.74) is 2.87. The molecule has 134 valence electrons. The van der Waals surface area contributed by atoms with Crippen molar-refractivity contribution >= 4 is 25.7 Å². The number of anilines is 1. The normalized spacial score (nSPS) is 14.8. The Morgan fingerprint density at radius 3 is 2.28 bits per heavy atom. The predicted molar refractivity (Wildman–Crippen MR) is 96.4 cm³/mol. The van der Waals surface area contributed by atoms with Gasteiger partial charge in [-0.05, 0) is 73.6 Å². The second-order valence-corrected chi connectivity index (χ2v) is 9.48. The van der Waals surface area contributed by atoms with Crippen LogP contribution in [-0.4, -0.2) is 16.8 Å². The summed E-state index contributed by atoms with van der Waals surface area (Å²) in [6, 6.07) is 9.41. The maximum absolute atomic E-state index is 12.6. The highest BCUT2D eigenvalue weighted by Crippen LogP contribution is 2.26. The summed E-state index contributed by atoms with van der Waals surface area (Å²) in [5.74, 6) is 0. The van der Waals surface area contributed by atoms with Crippen molar-refractivity contribution < 1.29 is 16.8 Å². The molecule has 0 aromatic heterocycles. The fourth-order valence-electron chi connectivity index (χ4n) is 3.06. The molecule has 0 saturated heterocycles. The van der Waals surface area contributed by atoms with Crippen LogP contribution >= 0.6 is 0 Å². The summed E-state index contributed by atoms with van der Waals surface area (Å²) >= 11 is 0. The largest absolute Gasteiger partial charge is 0.280 e. The molecule has 0 unspecified atom stereocenters. The molecule has 1 aliphatic carbocycles. The van der Waals surface area contributed by atoms with E-state index < -0.39 is 20.0 Å². The molecular weight excluding hydrogens is 360 g/mol. The third-order valence-corrected chi connectivity index (χ3v) is 6.81. The van der Waals surface area contributed by atoms with E-state index in [2.05, 4.69) is 4.72 Å². The number of nitrogens with two attached hydrogens (primary N) is 1. The van der Waals surface area contributed by atoms with Crippen molar-refractivity contribution in [3.05, 3.63) is 53.1 Å². The summed E-state index contributed by atoms with van der Waals surface area (Å²) in [4.78, 5) is 0.0732. The molecule has 8 heteroatoms. The summed E-state index contributed by atoms with van der Waals surface area (Å²) in [6.07, 6.45) is 4.02. The molecule has 0 radical (unpaired) electrons. The van der Waals surface area contributed by atoms with Crippen LogP contribution in [0.25, 0.3) is 0 Å². The fourth-order valence-corrected chi connectivity index (χ4v) is 4.97. The second kappa shape index (κ2) is 6.44. The summed E-state index contributed by atoms with van der Waals surface area (Å²) in [6.45, 7) is 1.60. The topological polar surface area (TPSA) is 106 Å². The van der Waals surface area contributed by atoms with Gasteiger partial charge in [0.15, 0.2) is 0 Å². The van der Waals surface area contributed by atoms with Gasteiger partial charge in [-0.15, -0.1) is 0 Å². The number of aryl methyl sites for hydroxylation is 3. The van der Waals surface area contributed by atoms with Crippen LogP contribution in [0, 0.1) is 6.92 Å². The van der Waals surface area contributed by atoms with E-state index in [0.29, 0.717) is 5.56 Å². The quantitative estimate of drug-likeness (QED) is 0.849. The third kappa shape index (κ3) is 3.86. The molecule has 0 aliphatic heterocycles. The van der Waals surface area contributed by atoms with Crippen molar-refractivity contribution in [3.8, 4) is 0 Å². The number of rotatable bonds is 4. The highest BCUT2D eigenvalue weighted by atomic mass is 32.2. The molecule has 2 aromatic rings. The van der Waals surface area contributed by atoms with Gasteiger partial charge in [-0.1, -0.05) is 12.1 Å². The Morgan fingerprint density at radius 2 is 1.60 bits per heavy atom. The zero-order chi connectivity index (χ0) is 18.2. The average molecular weight is 380 g/mol. The van der Waals surface area contributed by atoms with Gasteiger partial charge >= 0.3 is 0 Å². The molecule has 3 rings (SSSR count). The van der Waals surface area contributed by atoms with Crippen molar-refractivity contribution in [2.75, 3.05) is 4.72 Å². The molecule has 0 atom stereocenters. The van der Waals surface area contributed by atoms with E-state index in [1.54, 1.807) is 19.1 Å². The number of fused-ring (bicyclic) bond motifs is 1. The van der Waals surface area contributed by atoms with Crippen molar-refractivity contribution in [3.63, 3.8) is 0 Å². The molecule has 0 heterocycles. The Labute approximate surface area is 148 Å². The van der Waals surface area contributed by atoms with Gasteiger partial charge in [0.2, 0.25) is 10.0 Å². The van der Waals surface area contributed by atoms with E-state index in [0.717, 1.165) is 31.2 Å². The lowest BCUT2D eigenvalue weighted by Crippen LogP contribution is -2.17. The molecular formula is C17H20N2O4S2. The monoisotopic (exact) mass is 380 g/mol. The number of sulfonamides is 2. The highest BCUT2D eigenvalue weighted by Gasteiger charge is 2.19. The van der Waals surface area contributed by atoms with Gasteiger partial charge in [-0.25, -0.2) is 22.0 Å². The van der Waals surface area contributed by atoms with Crippen molar-refractivity contribution in [2.45, 2.75) is 42.4 Å². The lowest BCUT2D eigenvalue weighted by molar-refractivity contribution is 0.595. The van der Waals surface area contributed by atoms with Crippen LogP contribution in [0.2, 0.25) is 0 Å². The first-order valence-electron chi connectivity index (χ1n) is 7.95. The smallest absolute Gasteiger partial charge is 0.261 e. The highest BCUT2D eigenvalue weighted by molar-refractivity contribution is 7.92. The molecule has 0 bridgehead atoms. The van der Waals surface area contributed by atoms with E-state index in [1.807, 2.05) is 6.07 Å². The standard InChI is InChI=1S/C17H20N2O4S2/c1-12-6-8-15(11-17(12)24(18,20)21)19-25(22,23)16-9-7-13-4-2-3-5-14(13)10-16/h6-11,19H,2-5H2,1H3,(H2,18,20,21). The zero-order valence-corrected chi connectivity index (χ0v) is 15.5. The van der Waals surface area contributed by atoms with E-state index in [1.165, 1.54) is 23.8 Å². The third-order valence-electron chi connectivity index (χ3n) is 4.38. The number of nitrogens with one attached hydrogen (secondary N) is 1. The van der Waals surface area contributed by atoms with Gasteiger partial charge in [-0.2, -0.15) is 0 Å². The van der Waals surface area contributed by atoms with Crippen LogP contribution in [-0.2, 0) is 32.9 Å². The molecule has 1 aliphatic rings. The molecule has 6 nitrogen and oxygen atoms in total. The summed E-state index contributed by atoms with van der Waals surface area (Å²) in [7, 11) is -7.73. The van der Waals surface area contributed by atoms with E-state index in [9.17, 15) is 16.8 Å². The predicted octanol–water partition coefficient (Wildman–Crippen LogP) is 2.32. The van der Waals surface area contributed by atoms with Gasteiger partial charge in [0.05, 0.1) is 15.5 Å². The second-order valence-electron chi connectivity index (χ2n) is 6.27. The minimum atomic E-state index is -3.92. The minimum absolute atomic E-state index is 0.0989. The Kier molecular flexibility index (Phi) is 4.61. The molecule has 0 spiro atoms. The summed E-state index contributed by atoms with van der Waals surface area (Å²) < 4.78 is 50.9. The summed E-state index contributed by atoms with van der Waals surface area (Å²) in [5, 5.41) is 5.17. The zero-order valence-electron chi connectivity index (χ0n) is 13.8. The van der Waals surface area contributed by atoms with Gasteiger partial charge in [0.1, 0.15) is 0 Å². The Bertz CT molecular complexity index is 1030. The van der Waals surface area contributed by atoms with Gasteiger partial charge in [0, 0.05) is 0 Å². The van der Waals surface area contributed by atoms with Crippen LogP contribution in [0.1, 0.15) is 29.5 Å². The van der Waals surface area contributed by atoms with E-state index in [-0.39, 0.29) is 15.5 Å². The van der Waals surface area contributed by atoms with Crippen LogP contribution in [0.5, 0.6) is 0 Å². The number of primary sulfonamides is 1. The van der Waals surface area contributed by atoms with Gasteiger partial charge in [-0.3, -0.25) is 4.72 Å². The van der Waals surface area contributed by atoms with Gasteiger partial charge in [0.25, 0.3) is 10.0 Å². The first-order valence-corrected chi connectivity index (χ1v) is 11.0. The number of hydrogen-bond acceptors (Lipinski definition) is 4. The average Bonchev–Trinajstić information content (AvgIpc) is 2.55. The van der Waals surface area contributed by atoms with Crippen LogP contribution in [0.3, 0.4) is 0 Å². The molecule has 0 saturated carbocycles. The van der Waals surface area contributed by atoms with Crippen LogP contribution in [0.4, 0.5) is 5.69 Å². The van der Waals surface area contributed by atoms with Crippen molar-refractivity contribution in [1.29, 1.82) is 0 Å². The SMILES string of the molecule is Cc1ccc(NS(=O)(=O)c2ccc3c(c2)CCCC3)cc1S(N)(=O)=O. The van der Waals surface area contributed by atoms with E-state index >= 15 is 0 Å².